The molecule has 0 saturated heterocycles. The number of aromatic nitrogens is 2. The SMILES string of the molecule is Cc1cc(C)c(N2c3ccccc3[N-]C2c2[c-]cc3c(c2)sc2ncccc23)c(C)c1.[2H]C([2H])([2H])c1c[c-]c(-c2cc(CC(C)C)[c]([Ge]([CH3])([CH3])[CH3])cn2)c(F)c1.[Ir+3]. The van der Waals surface area contributed by atoms with Crippen molar-refractivity contribution in [1.29, 1.82) is 0 Å². The van der Waals surface area contributed by atoms with Crippen LogP contribution in [0.2, 0.25) is 17.3 Å². The first-order chi connectivity index (χ1) is 26.5. The molecule has 8 heteroatoms. The third-order valence-electron chi connectivity index (χ3n) is 9.58. The van der Waals surface area contributed by atoms with E-state index < -0.39 is 25.9 Å². The molecular weight excluding hydrogens is 924 g/mol. The summed E-state index contributed by atoms with van der Waals surface area (Å²) in [5, 5.41) is 7.53. The summed E-state index contributed by atoms with van der Waals surface area (Å²) >= 11 is -0.351. The van der Waals surface area contributed by atoms with Crippen LogP contribution < -0.4 is 9.30 Å². The Morgan fingerprint density at radius 1 is 0.926 bits per heavy atom. The number of hydrogen-bond acceptors (Lipinski definition) is 4. The van der Waals surface area contributed by atoms with Crippen LogP contribution in [0.25, 0.3) is 36.9 Å². The van der Waals surface area contributed by atoms with Gasteiger partial charge in [0.1, 0.15) is 4.83 Å². The average Bonchev–Trinajstić information content (AvgIpc) is 3.69. The zero-order valence-electron chi connectivity index (χ0n) is 34.9. The summed E-state index contributed by atoms with van der Waals surface area (Å²) < 4.78 is 39.2. The molecule has 0 fully saturated rings. The van der Waals surface area contributed by atoms with Crippen LogP contribution in [0.5, 0.6) is 0 Å². The van der Waals surface area contributed by atoms with Crippen molar-refractivity contribution in [3.8, 4) is 11.3 Å². The average molecular weight is 974 g/mol. The zero-order chi connectivity index (χ0) is 40.1. The summed E-state index contributed by atoms with van der Waals surface area (Å²) in [6.45, 7) is 8.53. The zero-order valence-corrected chi connectivity index (χ0v) is 37.2. The molecule has 0 aliphatic carbocycles. The number of thiophene rings is 1. The van der Waals surface area contributed by atoms with E-state index in [2.05, 4.69) is 133 Å². The van der Waals surface area contributed by atoms with Gasteiger partial charge in [0, 0.05) is 17.6 Å². The van der Waals surface area contributed by atoms with E-state index in [1.807, 2.05) is 24.5 Å². The van der Waals surface area contributed by atoms with Gasteiger partial charge in [0.15, 0.2) is 0 Å². The Balaban J connectivity index is 0.000000195. The molecule has 4 aromatic carbocycles. The van der Waals surface area contributed by atoms with Gasteiger partial charge in [-0.1, -0.05) is 46.7 Å². The molecule has 1 atom stereocenters. The topological polar surface area (TPSA) is 43.1 Å². The van der Waals surface area contributed by atoms with Crippen LogP contribution >= 0.6 is 11.3 Å². The van der Waals surface area contributed by atoms with Crippen molar-refractivity contribution in [3.05, 3.63) is 148 Å². The fourth-order valence-electron chi connectivity index (χ4n) is 7.40. The van der Waals surface area contributed by atoms with Gasteiger partial charge in [0.25, 0.3) is 0 Å². The van der Waals surface area contributed by atoms with E-state index in [9.17, 15) is 4.39 Å². The van der Waals surface area contributed by atoms with Crippen LogP contribution in [0.3, 0.4) is 0 Å². The van der Waals surface area contributed by atoms with Crippen LogP contribution in [0.1, 0.15) is 57.5 Å². The van der Waals surface area contributed by atoms with E-state index in [-0.39, 0.29) is 37.4 Å². The predicted octanol–water partition coefficient (Wildman–Crippen LogP) is 12.8. The Kier molecular flexibility index (Phi) is 10.7. The summed E-state index contributed by atoms with van der Waals surface area (Å²) in [5.74, 6) is 6.85. The molecule has 1 aliphatic heterocycles. The molecule has 4 heterocycles. The van der Waals surface area contributed by atoms with Gasteiger partial charge < -0.3 is 10.2 Å². The number of benzene rings is 4. The van der Waals surface area contributed by atoms with Gasteiger partial charge in [-0.15, -0.1) is 28.5 Å². The van der Waals surface area contributed by atoms with Crippen molar-refractivity contribution >= 4 is 66.4 Å². The Hall–Kier alpha value is -3.88. The summed E-state index contributed by atoms with van der Waals surface area (Å²) in [7, 11) is 0. The summed E-state index contributed by atoms with van der Waals surface area (Å²) in [6.07, 6.45) is 4.52. The molecule has 0 N–H and O–H groups in total. The van der Waals surface area contributed by atoms with Crippen molar-refractivity contribution in [2.45, 2.75) is 71.3 Å². The maximum absolute atomic E-state index is 14.5. The van der Waals surface area contributed by atoms with Gasteiger partial charge in [0.05, 0.1) is 0 Å². The molecule has 1 aliphatic rings. The number of rotatable bonds is 6. The first-order valence-electron chi connectivity index (χ1n) is 19.6. The molecule has 0 amide bonds. The van der Waals surface area contributed by atoms with Crippen molar-refractivity contribution in [1.82, 2.24) is 9.97 Å². The number of aryl methyl sites for hydroxylation is 4. The van der Waals surface area contributed by atoms with Crippen LogP contribution in [0.4, 0.5) is 21.5 Å². The Morgan fingerprint density at radius 2 is 1.69 bits per heavy atom. The number of nitrogens with zero attached hydrogens (tertiary/aromatic N) is 4. The van der Waals surface area contributed by atoms with Crippen molar-refractivity contribution < 1.29 is 28.6 Å². The van der Waals surface area contributed by atoms with Gasteiger partial charge in [-0.2, -0.15) is 17.7 Å². The number of hydrogen-bond donors (Lipinski definition) is 0. The number of para-hydroxylation sites is 2. The number of halogens is 1. The van der Waals surface area contributed by atoms with Gasteiger partial charge >= 0.3 is 160 Å². The Morgan fingerprint density at radius 3 is 2.39 bits per heavy atom. The number of fused-ring (bicyclic) bond motifs is 4. The second kappa shape index (κ2) is 16.1. The minimum atomic E-state index is -2.34. The van der Waals surface area contributed by atoms with Gasteiger partial charge in [-0.25, -0.2) is 4.98 Å². The Labute approximate surface area is 344 Å². The molecule has 4 nitrogen and oxygen atoms in total. The Bertz CT molecular complexity index is 2560. The standard InChI is InChI=1S/C27H21N3S.C19H25FGeN.Ir/c1-16-13-17(2)25(18(3)14-16)30-23-9-5-4-8-22(23)29-26(30)19-10-11-20-21-7-6-12-28-27(21)31-24(20)15-19;1-13(2)9-15-11-19(22-12-18(15)21(4,5)6)16-8-7-14(3)10-17(16)20;/h4-9,11-15,26H,1-3H3;7,10-13H,9H2,1-6H3;/q-2;-1;+3/i;3D3;. The van der Waals surface area contributed by atoms with E-state index in [1.54, 1.807) is 11.3 Å². The molecule has 3 aromatic heterocycles. The molecule has 276 valence electrons. The fourth-order valence-corrected chi connectivity index (χ4v) is 11.8. The van der Waals surface area contributed by atoms with Gasteiger partial charge in [0.2, 0.25) is 0 Å². The van der Waals surface area contributed by atoms with Crippen LogP contribution in [-0.2, 0) is 26.5 Å². The minimum Gasteiger partial charge on any atom is 3.00 e. The first kappa shape index (κ1) is 35.8. The van der Waals surface area contributed by atoms with Crippen molar-refractivity contribution in [3.63, 3.8) is 0 Å². The molecule has 8 rings (SSSR count). The number of anilines is 2. The number of pyridine rings is 2. The largest absolute Gasteiger partial charge is 3.00 e. The van der Waals surface area contributed by atoms with Crippen molar-refractivity contribution in [2.75, 3.05) is 4.90 Å². The van der Waals surface area contributed by atoms with Crippen LogP contribution in [0, 0.1) is 51.5 Å². The van der Waals surface area contributed by atoms with E-state index in [0.29, 0.717) is 11.6 Å². The molecular formula is C46H46FGeIrN4S. The summed E-state index contributed by atoms with van der Waals surface area (Å²) in [6, 6.07) is 32.1. The molecule has 0 spiro atoms. The smallest absolute Gasteiger partial charge is 3.00 e. The maximum Gasteiger partial charge on any atom is 3.00 e. The summed E-state index contributed by atoms with van der Waals surface area (Å²) in [5.41, 5.74) is 10.2. The molecule has 0 bridgehead atoms. The molecule has 7 aromatic rings. The van der Waals surface area contributed by atoms with E-state index >= 15 is 0 Å². The monoisotopic (exact) mass is 975 g/mol. The second-order valence-electron chi connectivity index (χ2n) is 15.4. The quantitative estimate of drug-likeness (QED) is 0.123. The van der Waals surface area contributed by atoms with Crippen molar-refractivity contribution in [2.24, 2.45) is 5.92 Å². The summed E-state index contributed by atoms with van der Waals surface area (Å²) in [4.78, 5) is 12.5. The third-order valence-corrected chi connectivity index (χ3v) is 15.0. The molecule has 1 unspecified atom stereocenters. The van der Waals surface area contributed by atoms with E-state index in [4.69, 9.17) is 9.43 Å². The molecule has 0 radical (unpaired) electrons. The second-order valence-corrected chi connectivity index (χ2v) is 27.0. The molecule has 0 saturated carbocycles. The van der Waals surface area contributed by atoms with E-state index in [1.165, 1.54) is 53.9 Å². The third kappa shape index (κ3) is 8.06. The van der Waals surface area contributed by atoms with Crippen LogP contribution in [-0.4, -0.2) is 23.2 Å². The predicted molar refractivity (Wildman–Crippen MR) is 226 cm³/mol. The normalized spacial score (nSPS) is 14.8. The van der Waals surface area contributed by atoms with Gasteiger partial charge in [-0.3, -0.25) is 0 Å². The van der Waals surface area contributed by atoms with E-state index in [0.717, 1.165) is 34.3 Å². The fraction of sp³-hybridized carbons (Fsp3) is 0.261. The minimum absolute atomic E-state index is 0. The maximum atomic E-state index is 14.5. The van der Waals surface area contributed by atoms with Crippen LogP contribution in [0.15, 0.2) is 91.3 Å². The molecule has 54 heavy (non-hydrogen) atoms. The first-order valence-corrected chi connectivity index (χ1v) is 26.2. The van der Waals surface area contributed by atoms with Gasteiger partial charge in [-0.05, 0) is 55.6 Å².